The zero-order valence-electron chi connectivity index (χ0n) is 17.3. The molecular formula is C20H26F3N7. The average Bonchev–Trinajstić information content (AvgIpc) is 3.52. The van der Waals surface area contributed by atoms with Gasteiger partial charge in [0.1, 0.15) is 5.70 Å². The summed E-state index contributed by atoms with van der Waals surface area (Å²) in [5.41, 5.74) is 5.55. The number of rotatable bonds is 8. The van der Waals surface area contributed by atoms with Crippen LogP contribution in [0.3, 0.4) is 0 Å². The van der Waals surface area contributed by atoms with Crippen molar-refractivity contribution in [2.75, 3.05) is 20.3 Å². The minimum absolute atomic E-state index is 0.0251. The third kappa shape index (κ3) is 3.64. The van der Waals surface area contributed by atoms with Crippen LogP contribution in [0.4, 0.5) is 13.2 Å². The fourth-order valence-corrected chi connectivity index (χ4v) is 3.87. The maximum Gasteiger partial charge on any atom is 0.395 e. The van der Waals surface area contributed by atoms with Gasteiger partial charge >= 0.3 is 6.18 Å². The Morgan fingerprint density at radius 3 is 2.47 bits per heavy atom. The van der Waals surface area contributed by atoms with E-state index in [4.69, 9.17) is 5.73 Å². The van der Waals surface area contributed by atoms with Gasteiger partial charge in [-0.3, -0.25) is 15.3 Å². The van der Waals surface area contributed by atoms with Gasteiger partial charge in [0, 0.05) is 25.2 Å². The maximum absolute atomic E-state index is 13.4. The van der Waals surface area contributed by atoms with E-state index in [0.29, 0.717) is 30.1 Å². The molecule has 162 valence electrons. The zero-order chi connectivity index (χ0) is 22.2. The Morgan fingerprint density at radius 1 is 1.27 bits per heavy atom. The highest BCUT2D eigenvalue weighted by Gasteiger charge is 2.95. The monoisotopic (exact) mass is 421 g/mol. The largest absolute Gasteiger partial charge is 0.404 e. The van der Waals surface area contributed by atoms with Gasteiger partial charge in [-0.2, -0.15) is 13.2 Å². The van der Waals surface area contributed by atoms with Gasteiger partial charge in [0.25, 0.3) is 0 Å². The first-order chi connectivity index (χ1) is 14.2. The van der Waals surface area contributed by atoms with Crippen LogP contribution in [0.5, 0.6) is 0 Å². The molecule has 0 saturated heterocycles. The Bertz CT molecular complexity index is 913. The van der Waals surface area contributed by atoms with Crippen LogP contribution < -0.4 is 11.1 Å². The summed E-state index contributed by atoms with van der Waals surface area (Å²) in [5.74, 6) is 0.280. The quantitative estimate of drug-likeness (QED) is 0.465. The summed E-state index contributed by atoms with van der Waals surface area (Å²) in [7, 11) is 1.67. The van der Waals surface area contributed by atoms with Crippen LogP contribution in [0.15, 0.2) is 48.1 Å². The molecular weight excluding hydrogens is 395 g/mol. The van der Waals surface area contributed by atoms with Crippen LogP contribution in [0, 0.1) is 10.8 Å². The molecule has 2 fully saturated rings. The van der Waals surface area contributed by atoms with Crippen LogP contribution in [0.25, 0.3) is 0 Å². The predicted molar refractivity (Wildman–Crippen MR) is 115 cm³/mol. The van der Waals surface area contributed by atoms with Crippen molar-refractivity contribution in [2.45, 2.75) is 39.3 Å². The van der Waals surface area contributed by atoms with Crippen LogP contribution in [0.1, 0.15) is 33.1 Å². The van der Waals surface area contributed by atoms with Crippen molar-refractivity contribution in [1.29, 1.82) is 0 Å². The molecule has 3 rings (SSSR count). The van der Waals surface area contributed by atoms with Gasteiger partial charge in [0.15, 0.2) is 5.84 Å². The van der Waals surface area contributed by atoms with Crippen LogP contribution in [0.2, 0.25) is 0 Å². The Balaban J connectivity index is 1.79. The van der Waals surface area contributed by atoms with E-state index in [2.05, 4.69) is 37.0 Å². The van der Waals surface area contributed by atoms with Gasteiger partial charge in [-0.25, -0.2) is 15.0 Å². The molecule has 7 nitrogen and oxygen atoms in total. The Morgan fingerprint density at radius 2 is 1.93 bits per heavy atom. The second kappa shape index (κ2) is 7.90. The summed E-state index contributed by atoms with van der Waals surface area (Å²) >= 11 is 0. The lowest BCUT2D eigenvalue weighted by Gasteiger charge is -2.16. The summed E-state index contributed by atoms with van der Waals surface area (Å²) in [5, 5.41) is 3.14. The number of fused-ring (bicyclic) bond motifs is 1. The van der Waals surface area contributed by atoms with Gasteiger partial charge in [0.05, 0.1) is 29.2 Å². The summed E-state index contributed by atoms with van der Waals surface area (Å²) in [6.45, 7) is 7.90. The zero-order valence-corrected chi connectivity index (χ0v) is 17.3. The minimum atomic E-state index is -4.26. The summed E-state index contributed by atoms with van der Waals surface area (Å²) < 4.78 is 40.3. The number of nitrogens with one attached hydrogen (secondary N) is 1. The average molecular weight is 421 g/mol. The summed E-state index contributed by atoms with van der Waals surface area (Å²) in [6, 6.07) is 0. The van der Waals surface area contributed by atoms with Crippen LogP contribution >= 0.6 is 0 Å². The number of hydrogen-bond donors (Lipinski definition) is 2. The molecule has 0 amide bonds. The molecule has 1 heterocycles. The van der Waals surface area contributed by atoms with Crippen molar-refractivity contribution < 1.29 is 13.2 Å². The summed E-state index contributed by atoms with van der Waals surface area (Å²) in [4.78, 5) is 21.3. The molecule has 0 bridgehead atoms. The lowest BCUT2D eigenvalue weighted by molar-refractivity contribution is -0.168. The van der Waals surface area contributed by atoms with E-state index in [-0.39, 0.29) is 31.0 Å². The van der Waals surface area contributed by atoms with Crippen LogP contribution in [-0.4, -0.2) is 56.6 Å². The molecule has 3 aliphatic rings. The summed E-state index contributed by atoms with van der Waals surface area (Å²) in [6.07, 6.45) is -0.370. The number of allylic oxidation sites excluding steroid dienone is 1. The fraction of sp³-hybridized carbons (Fsp3) is 0.550. The van der Waals surface area contributed by atoms with Gasteiger partial charge in [-0.1, -0.05) is 0 Å². The van der Waals surface area contributed by atoms with E-state index in [9.17, 15) is 13.2 Å². The minimum Gasteiger partial charge on any atom is -0.404 e. The van der Waals surface area contributed by atoms with Gasteiger partial charge in [-0.05, 0) is 51.6 Å². The fourth-order valence-electron chi connectivity index (χ4n) is 3.87. The van der Waals surface area contributed by atoms with Gasteiger partial charge in [0.2, 0.25) is 0 Å². The third-order valence-corrected chi connectivity index (χ3v) is 5.98. The second-order valence-electron chi connectivity index (χ2n) is 7.78. The van der Waals surface area contributed by atoms with Gasteiger partial charge < -0.3 is 5.73 Å². The molecule has 3 N–H and O–H groups in total. The standard InChI is InChI=1S/C20H26F3N7/c1-12-13(2)30-17(28-11-27-6-5-14(7-24)8-25-3)15(29-12)16(26-4)18-9-19(18,10-18)20(21,22)23/h7-8,27H,4-6,9-11,24H2,1-3H3/b14-7?,16-15+,25-8?,28-17?. The highest BCUT2D eigenvalue weighted by Crippen LogP contribution is 2.93. The topological polar surface area (TPSA) is 99.8 Å². The predicted octanol–water partition coefficient (Wildman–Crippen LogP) is 3.06. The van der Waals surface area contributed by atoms with E-state index in [0.717, 1.165) is 5.57 Å². The normalized spacial score (nSPS) is 31.4. The molecule has 10 heteroatoms. The van der Waals surface area contributed by atoms with Crippen molar-refractivity contribution in [3.8, 4) is 0 Å². The van der Waals surface area contributed by atoms with E-state index in [1.807, 2.05) is 0 Å². The van der Waals surface area contributed by atoms with Crippen molar-refractivity contribution in [3.63, 3.8) is 0 Å². The third-order valence-electron chi connectivity index (χ3n) is 5.98. The van der Waals surface area contributed by atoms with E-state index in [1.54, 1.807) is 27.1 Å². The number of alkyl halides is 3. The highest BCUT2D eigenvalue weighted by molar-refractivity contribution is 6.44. The molecule has 1 aliphatic heterocycles. The lowest BCUT2D eigenvalue weighted by Crippen LogP contribution is -2.22. The van der Waals surface area contributed by atoms with E-state index in [1.165, 1.54) is 6.20 Å². The first-order valence-corrected chi connectivity index (χ1v) is 9.63. The molecule has 0 spiro atoms. The molecule has 0 aromatic rings. The molecule has 0 radical (unpaired) electrons. The van der Waals surface area contributed by atoms with Crippen molar-refractivity contribution in [2.24, 2.45) is 41.5 Å². The first kappa shape index (κ1) is 22.1. The van der Waals surface area contributed by atoms with Crippen molar-refractivity contribution >= 4 is 30.2 Å². The SMILES string of the molecule is C=N/C(=C1/N=C(C)C(C)=NC1=NCNCCC(C=NC)=CN)C12CC1(C(F)(F)F)C2. The highest BCUT2D eigenvalue weighted by atomic mass is 19.4. The number of nitrogens with two attached hydrogens (primary N) is 1. The Hall–Kier alpha value is -2.62. The number of amidine groups is 1. The lowest BCUT2D eigenvalue weighted by atomic mass is 10.1. The molecule has 2 aliphatic carbocycles. The second-order valence-corrected chi connectivity index (χ2v) is 7.78. The molecule has 0 unspecified atom stereocenters. The Kier molecular flexibility index (Phi) is 5.81. The van der Waals surface area contributed by atoms with Crippen LogP contribution in [-0.2, 0) is 0 Å². The van der Waals surface area contributed by atoms with Gasteiger partial charge in [-0.15, -0.1) is 0 Å². The maximum atomic E-state index is 13.4. The number of aliphatic imine (C=N–C) groups is 5. The Labute approximate surface area is 173 Å². The number of halogens is 3. The van der Waals surface area contributed by atoms with Crippen molar-refractivity contribution in [3.05, 3.63) is 23.2 Å². The molecule has 0 aromatic heterocycles. The van der Waals surface area contributed by atoms with Crippen molar-refractivity contribution in [1.82, 2.24) is 5.32 Å². The molecule has 2 saturated carbocycles. The molecule has 0 aromatic carbocycles. The molecule has 0 atom stereocenters. The first-order valence-electron chi connectivity index (χ1n) is 9.63. The number of hydrogen-bond acceptors (Lipinski definition) is 6. The van der Waals surface area contributed by atoms with E-state index >= 15 is 0 Å². The smallest absolute Gasteiger partial charge is 0.395 e. The number of nitrogens with zero attached hydrogens (tertiary/aromatic N) is 5. The molecule has 30 heavy (non-hydrogen) atoms. The van der Waals surface area contributed by atoms with E-state index < -0.39 is 17.0 Å².